The van der Waals surface area contributed by atoms with Gasteiger partial charge in [-0.3, -0.25) is 4.79 Å². The van der Waals surface area contributed by atoms with Crippen LogP contribution in [0.25, 0.3) is 0 Å². The number of likely N-dealkylation sites (tertiary alicyclic amines) is 1. The van der Waals surface area contributed by atoms with Crippen molar-refractivity contribution < 1.29 is 9.59 Å². The molecular weight excluding hydrogens is 206 g/mol. The first-order valence-corrected chi connectivity index (χ1v) is 5.75. The third-order valence-electron chi connectivity index (χ3n) is 2.91. The van der Waals surface area contributed by atoms with Gasteiger partial charge >= 0.3 is 6.03 Å². The molecule has 1 rings (SSSR count). The first kappa shape index (κ1) is 12.8. The van der Waals surface area contributed by atoms with Gasteiger partial charge in [0, 0.05) is 27.2 Å². The molecule has 0 aromatic heterocycles. The van der Waals surface area contributed by atoms with Crippen LogP contribution in [0.3, 0.4) is 0 Å². The number of nitrogens with zero attached hydrogens (tertiary/aromatic N) is 2. The summed E-state index contributed by atoms with van der Waals surface area (Å²) >= 11 is 0. The smallest absolute Gasteiger partial charge is 0.320 e. The number of nitrogens with one attached hydrogen (secondary N) is 1. The molecule has 0 bridgehead atoms. The fraction of sp³-hybridized carbons (Fsp3) is 0.818. The predicted molar refractivity (Wildman–Crippen MR) is 62.1 cm³/mol. The Balaban J connectivity index is 2.46. The number of rotatable bonds is 2. The molecule has 1 unspecified atom stereocenters. The summed E-state index contributed by atoms with van der Waals surface area (Å²) in [6.45, 7) is 3.89. The van der Waals surface area contributed by atoms with E-state index in [4.69, 9.17) is 0 Å². The average Bonchev–Trinajstić information content (AvgIpc) is 2.27. The van der Waals surface area contributed by atoms with Crippen molar-refractivity contribution in [1.29, 1.82) is 0 Å². The van der Waals surface area contributed by atoms with Gasteiger partial charge in [-0.15, -0.1) is 0 Å². The van der Waals surface area contributed by atoms with Gasteiger partial charge in [0.2, 0.25) is 5.91 Å². The summed E-state index contributed by atoms with van der Waals surface area (Å²) in [6, 6.07) is -0.0462. The van der Waals surface area contributed by atoms with Gasteiger partial charge in [-0.25, -0.2) is 4.79 Å². The summed E-state index contributed by atoms with van der Waals surface area (Å²) in [4.78, 5) is 26.4. The van der Waals surface area contributed by atoms with Crippen molar-refractivity contribution in [2.75, 3.05) is 33.7 Å². The summed E-state index contributed by atoms with van der Waals surface area (Å²) in [7, 11) is 3.24. The summed E-state index contributed by atoms with van der Waals surface area (Å²) in [5.41, 5.74) is 0. The van der Waals surface area contributed by atoms with Gasteiger partial charge in [-0.2, -0.15) is 0 Å². The van der Waals surface area contributed by atoms with Gasteiger partial charge in [0.15, 0.2) is 0 Å². The minimum absolute atomic E-state index is 0.0462. The van der Waals surface area contributed by atoms with Crippen LogP contribution in [0.4, 0.5) is 4.79 Å². The molecule has 92 valence electrons. The first-order valence-electron chi connectivity index (χ1n) is 5.75. The molecule has 0 aliphatic carbocycles. The second-order valence-corrected chi connectivity index (χ2v) is 4.51. The fourth-order valence-electron chi connectivity index (χ4n) is 1.97. The van der Waals surface area contributed by atoms with Gasteiger partial charge in [0.25, 0.3) is 0 Å². The molecule has 1 heterocycles. The molecule has 5 heteroatoms. The minimum Gasteiger partial charge on any atom is -0.358 e. The predicted octanol–water partition coefficient (Wildman–Crippen LogP) is 0.516. The van der Waals surface area contributed by atoms with E-state index in [1.165, 1.54) is 11.3 Å². The van der Waals surface area contributed by atoms with Crippen molar-refractivity contribution in [2.24, 2.45) is 5.92 Å². The van der Waals surface area contributed by atoms with Crippen molar-refractivity contribution in [2.45, 2.75) is 19.8 Å². The molecular formula is C11H21N3O2. The molecule has 0 radical (unpaired) electrons. The van der Waals surface area contributed by atoms with E-state index in [2.05, 4.69) is 12.2 Å². The van der Waals surface area contributed by atoms with Crippen LogP contribution in [0.15, 0.2) is 0 Å². The molecule has 0 saturated carbocycles. The highest BCUT2D eigenvalue weighted by Crippen LogP contribution is 2.16. The Kier molecular flexibility index (Phi) is 4.58. The van der Waals surface area contributed by atoms with Crippen molar-refractivity contribution in [3.63, 3.8) is 0 Å². The summed E-state index contributed by atoms with van der Waals surface area (Å²) in [6.07, 6.45) is 2.24. The highest BCUT2D eigenvalue weighted by molar-refractivity contribution is 5.83. The minimum atomic E-state index is -0.138. The third-order valence-corrected chi connectivity index (χ3v) is 2.91. The Hall–Kier alpha value is -1.26. The number of hydrogen-bond donors (Lipinski definition) is 1. The van der Waals surface area contributed by atoms with Crippen molar-refractivity contribution in [3.8, 4) is 0 Å². The number of hydrogen-bond acceptors (Lipinski definition) is 2. The Morgan fingerprint density at radius 3 is 2.75 bits per heavy atom. The van der Waals surface area contributed by atoms with Gasteiger partial charge < -0.3 is 15.1 Å². The van der Waals surface area contributed by atoms with Crippen LogP contribution in [0.5, 0.6) is 0 Å². The van der Waals surface area contributed by atoms with Crippen LogP contribution in [0.2, 0.25) is 0 Å². The number of carbonyl (C=O) groups excluding carboxylic acids is 2. The topological polar surface area (TPSA) is 52.7 Å². The van der Waals surface area contributed by atoms with Gasteiger partial charge in [0.1, 0.15) is 6.54 Å². The molecule has 1 atom stereocenters. The Labute approximate surface area is 96.8 Å². The summed E-state index contributed by atoms with van der Waals surface area (Å²) < 4.78 is 0. The lowest BCUT2D eigenvalue weighted by Gasteiger charge is -2.33. The van der Waals surface area contributed by atoms with Crippen LogP contribution < -0.4 is 5.32 Å². The summed E-state index contributed by atoms with van der Waals surface area (Å²) in [5.74, 6) is 0.423. The van der Waals surface area contributed by atoms with E-state index in [1.54, 1.807) is 14.1 Å². The fourth-order valence-corrected chi connectivity index (χ4v) is 1.97. The maximum Gasteiger partial charge on any atom is 0.320 e. The number of piperidine rings is 1. The van der Waals surface area contributed by atoms with Crippen LogP contribution in [0.1, 0.15) is 19.8 Å². The molecule has 0 aromatic carbocycles. The number of amides is 3. The number of likely N-dealkylation sites (N-methyl/N-ethyl adjacent to an activating group) is 2. The molecule has 0 spiro atoms. The monoisotopic (exact) mass is 227 g/mol. The molecule has 1 saturated heterocycles. The maximum atomic E-state index is 12.0. The largest absolute Gasteiger partial charge is 0.358 e. The zero-order chi connectivity index (χ0) is 12.1. The first-order chi connectivity index (χ1) is 7.54. The Morgan fingerprint density at radius 1 is 1.50 bits per heavy atom. The standard InChI is InChI=1S/C11H21N3O2/c1-9-5-4-6-14(7-9)11(16)13(3)8-10(15)12-2/h9H,4-8H2,1-3H3,(H,12,15). The van der Waals surface area contributed by atoms with Gasteiger partial charge in [0.05, 0.1) is 0 Å². The Morgan fingerprint density at radius 2 is 2.19 bits per heavy atom. The van der Waals surface area contributed by atoms with Crippen molar-refractivity contribution >= 4 is 11.9 Å². The van der Waals surface area contributed by atoms with Crippen LogP contribution in [-0.2, 0) is 4.79 Å². The lowest BCUT2D eigenvalue weighted by Crippen LogP contribution is -2.48. The van der Waals surface area contributed by atoms with Crippen LogP contribution in [-0.4, -0.2) is 55.5 Å². The van der Waals surface area contributed by atoms with Crippen LogP contribution in [0, 0.1) is 5.92 Å². The zero-order valence-corrected chi connectivity index (χ0v) is 10.3. The van der Waals surface area contributed by atoms with E-state index < -0.39 is 0 Å². The van der Waals surface area contributed by atoms with Crippen molar-refractivity contribution in [3.05, 3.63) is 0 Å². The van der Waals surface area contributed by atoms with E-state index >= 15 is 0 Å². The molecule has 3 amide bonds. The maximum absolute atomic E-state index is 12.0. The number of carbonyl (C=O) groups is 2. The van der Waals surface area contributed by atoms with E-state index in [-0.39, 0.29) is 18.5 Å². The summed E-state index contributed by atoms with van der Waals surface area (Å²) in [5, 5.41) is 2.51. The van der Waals surface area contributed by atoms with E-state index in [1.807, 2.05) is 4.90 Å². The number of urea groups is 1. The normalized spacial score (nSPS) is 20.4. The lowest BCUT2D eigenvalue weighted by atomic mass is 10.0. The second kappa shape index (κ2) is 5.72. The second-order valence-electron chi connectivity index (χ2n) is 4.51. The van der Waals surface area contributed by atoms with Crippen LogP contribution >= 0.6 is 0 Å². The van der Waals surface area contributed by atoms with E-state index in [9.17, 15) is 9.59 Å². The van der Waals surface area contributed by atoms with Crippen molar-refractivity contribution in [1.82, 2.24) is 15.1 Å². The molecule has 1 fully saturated rings. The molecule has 16 heavy (non-hydrogen) atoms. The lowest BCUT2D eigenvalue weighted by molar-refractivity contribution is -0.121. The molecule has 1 N–H and O–H groups in total. The quantitative estimate of drug-likeness (QED) is 0.747. The highest BCUT2D eigenvalue weighted by Gasteiger charge is 2.24. The molecule has 5 nitrogen and oxygen atoms in total. The van der Waals surface area contributed by atoms with Gasteiger partial charge in [-0.1, -0.05) is 6.92 Å². The third kappa shape index (κ3) is 3.40. The van der Waals surface area contributed by atoms with Gasteiger partial charge in [-0.05, 0) is 18.8 Å². The molecule has 1 aliphatic rings. The van der Waals surface area contributed by atoms with E-state index in [0.717, 1.165) is 19.5 Å². The molecule has 1 aliphatic heterocycles. The highest BCUT2D eigenvalue weighted by atomic mass is 16.2. The SMILES string of the molecule is CNC(=O)CN(C)C(=O)N1CCCC(C)C1. The average molecular weight is 227 g/mol. The van der Waals surface area contributed by atoms with E-state index in [0.29, 0.717) is 5.92 Å². The Bertz CT molecular complexity index is 268. The molecule has 0 aromatic rings. The zero-order valence-electron chi connectivity index (χ0n) is 10.3.